The highest BCUT2D eigenvalue weighted by atomic mass is 14.9. The molecule has 0 aliphatic heterocycles. The minimum atomic E-state index is 0.226. The van der Waals surface area contributed by atoms with Crippen LogP contribution in [0.2, 0.25) is 0 Å². The summed E-state index contributed by atoms with van der Waals surface area (Å²) >= 11 is 0. The van der Waals surface area contributed by atoms with Crippen molar-refractivity contribution in [2.75, 3.05) is 6.54 Å². The van der Waals surface area contributed by atoms with Gasteiger partial charge in [-0.25, -0.2) is 0 Å². The number of nitrogens with one attached hydrogen (secondary N) is 1. The van der Waals surface area contributed by atoms with Crippen LogP contribution in [-0.4, -0.2) is 18.6 Å². The highest BCUT2D eigenvalue weighted by Crippen LogP contribution is 2.09. The van der Waals surface area contributed by atoms with Gasteiger partial charge in [0.15, 0.2) is 0 Å². The van der Waals surface area contributed by atoms with Gasteiger partial charge in [-0.3, -0.25) is 0 Å². The predicted molar refractivity (Wildman–Crippen MR) is 66.0 cm³/mol. The van der Waals surface area contributed by atoms with Crippen LogP contribution >= 0.6 is 0 Å². The Balaban J connectivity index is 2.44. The Bertz CT molecular complexity index is 294. The molecule has 1 aromatic carbocycles. The minimum Gasteiger partial charge on any atom is -0.327 e. The third-order valence-corrected chi connectivity index (χ3v) is 2.58. The second-order valence-electron chi connectivity index (χ2n) is 4.42. The molecule has 2 atom stereocenters. The standard InChI is InChI=1S/C13H22N2/c1-10-6-4-5-7-13(10)8-12(3)15-9-11(2)14/h4-7,11-12,15H,8-9,14H2,1-3H3. The van der Waals surface area contributed by atoms with E-state index in [4.69, 9.17) is 5.73 Å². The Morgan fingerprint density at radius 3 is 2.53 bits per heavy atom. The monoisotopic (exact) mass is 206 g/mol. The average Bonchev–Trinajstić information content (AvgIpc) is 2.18. The normalized spacial score (nSPS) is 14.9. The van der Waals surface area contributed by atoms with Gasteiger partial charge in [-0.05, 0) is 38.3 Å². The van der Waals surface area contributed by atoms with E-state index in [2.05, 4.69) is 43.4 Å². The molecular formula is C13H22N2. The number of nitrogens with two attached hydrogens (primary N) is 1. The first-order chi connectivity index (χ1) is 7.09. The average molecular weight is 206 g/mol. The summed E-state index contributed by atoms with van der Waals surface area (Å²) in [5, 5.41) is 3.43. The Morgan fingerprint density at radius 1 is 1.27 bits per heavy atom. The molecule has 2 unspecified atom stereocenters. The lowest BCUT2D eigenvalue weighted by Gasteiger charge is -2.16. The van der Waals surface area contributed by atoms with E-state index in [-0.39, 0.29) is 6.04 Å². The van der Waals surface area contributed by atoms with Gasteiger partial charge in [-0.2, -0.15) is 0 Å². The molecule has 1 aromatic rings. The van der Waals surface area contributed by atoms with Gasteiger partial charge in [-0.15, -0.1) is 0 Å². The molecule has 0 spiro atoms. The largest absolute Gasteiger partial charge is 0.327 e. The van der Waals surface area contributed by atoms with Crippen LogP contribution in [0.4, 0.5) is 0 Å². The lowest BCUT2D eigenvalue weighted by Crippen LogP contribution is -2.37. The zero-order chi connectivity index (χ0) is 11.3. The van der Waals surface area contributed by atoms with Crippen molar-refractivity contribution in [1.82, 2.24) is 5.32 Å². The van der Waals surface area contributed by atoms with Gasteiger partial charge < -0.3 is 11.1 Å². The molecule has 0 fully saturated rings. The molecule has 0 aromatic heterocycles. The van der Waals surface area contributed by atoms with E-state index in [1.54, 1.807) is 0 Å². The molecule has 15 heavy (non-hydrogen) atoms. The quantitative estimate of drug-likeness (QED) is 0.772. The van der Waals surface area contributed by atoms with E-state index >= 15 is 0 Å². The number of benzene rings is 1. The second-order valence-corrected chi connectivity index (χ2v) is 4.42. The molecule has 0 radical (unpaired) electrons. The highest BCUT2D eigenvalue weighted by Gasteiger charge is 2.05. The first kappa shape index (κ1) is 12.2. The van der Waals surface area contributed by atoms with Gasteiger partial charge >= 0.3 is 0 Å². The molecule has 0 aliphatic carbocycles. The van der Waals surface area contributed by atoms with Crippen molar-refractivity contribution in [2.45, 2.75) is 39.3 Å². The van der Waals surface area contributed by atoms with Gasteiger partial charge in [-0.1, -0.05) is 24.3 Å². The lowest BCUT2D eigenvalue weighted by molar-refractivity contribution is 0.514. The van der Waals surface area contributed by atoms with Crippen molar-refractivity contribution < 1.29 is 0 Å². The number of aryl methyl sites for hydroxylation is 1. The van der Waals surface area contributed by atoms with Crippen LogP contribution in [0.3, 0.4) is 0 Å². The molecule has 1 rings (SSSR count). The van der Waals surface area contributed by atoms with Gasteiger partial charge in [0, 0.05) is 18.6 Å². The summed E-state index contributed by atoms with van der Waals surface area (Å²) in [7, 11) is 0. The van der Waals surface area contributed by atoms with Gasteiger partial charge in [0.05, 0.1) is 0 Å². The number of hydrogen-bond donors (Lipinski definition) is 2. The highest BCUT2D eigenvalue weighted by molar-refractivity contribution is 5.26. The summed E-state index contributed by atoms with van der Waals surface area (Å²) in [4.78, 5) is 0. The zero-order valence-corrected chi connectivity index (χ0v) is 9.96. The summed E-state index contributed by atoms with van der Waals surface area (Å²) < 4.78 is 0. The molecule has 3 N–H and O–H groups in total. The van der Waals surface area contributed by atoms with E-state index in [0.717, 1.165) is 13.0 Å². The topological polar surface area (TPSA) is 38.0 Å². The maximum absolute atomic E-state index is 5.70. The fraction of sp³-hybridized carbons (Fsp3) is 0.538. The summed E-state index contributed by atoms with van der Waals surface area (Å²) in [6.45, 7) is 7.27. The van der Waals surface area contributed by atoms with Gasteiger partial charge in [0.25, 0.3) is 0 Å². The van der Waals surface area contributed by atoms with Crippen LogP contribution < -0.4 is 11.1 Å². The van der Waals surface area contributed by atoms with Crippen molar-refractivity contribution in [3.05, 3.63) is 35.4 Å². The Labute approximate surface area is 92.9 Å². The molecular weight excluding hydrogens is 184 g/mol. The Kier molecular flexibility index (Phi) is 4.79. The fourth-order valence-electron chi connectivity index (χ4n) is 1.63. The van der Waals surface area contributed by atoms with Crippen molar-refractivity contribution in [3.63, 3.8) is 0 Å². The van der Waals surface area contributed by atoms with E-state index in [9.17, 15) is 0 Å². The molecule has 0 aliphatic rings. The van der Waals surface area contributed by atoms with Crippen LogP contribution in [-0.2, 0) is 6.42 Å². The van der Waals surface area contributed by atoms with Gasteiger partial charge in [0.2, 0.25) is 0 Å². The summed E-state index contributed by atoms with van der Waals surface area (Å²) in [6, 6.07) is 9.24. The molecule has 0 amide bonds. The third kappa shape index (κ3) is 4.45. The first-order valence-corrected chi connectivity index (χ1v) is 5.63. The lowest BCUT2D eigenvalue weighted by atomic mass is 10.0. The van der Waals surface area contributed by atoms with E-state index in [0.29, 0.717) is 6.04 Å². The number of hydrogen-bond acceptors (Lipinski definition) is 2. The maximum atomic E-state index is 5.70. The molecule has 84 valence electrons. The third-order valence-electron chi connectivity index (χ3n) is 2.58. The summed E-state index contributed by atoms with van der Waals surface area (Å²) in [5.74, 6) is 0. The molecule has 0 saturated heterocycles. The molecule has 0 bridgehead atoms. The maximum Gasteiger partial charge on any atom is 0.0136 e. The predicted octanol–water partition coefficient (Wildman–Crippen LogP) is 1.86. The van der Waals surface area contributed by atoms with Crippen molar-refractivity contribution in [1.29, 1.82) is 0 Å². The first-order valence-electron chi connectivity index (χ1n) is 5.63. The van der Waals surface area contributed by atoms with Crippen LogP contribution in [0.1, 0.15) is 25.0 Å². The molecule has 2 nitrogen and oxygen atoms in total. The van der Waals surface area contributed by atoms with E-state index in [1.165, 1.54) is 11.1 Å². The molecule has 0 heterocycles. The van der Waals surface area contributed by atoms with Crippen molar-refractivity contribution >= 4 is 0 Å². The second kappa shape index (κ2) is 5.89. The van der Waals surface area contributed by atoms with Crippen LogP contribution in [0.25, 0.3) is 0 Å². The Morgan fingerprint density at radius 2 is 1.93 bits per heavy atom. The summed E-state index contributed by atoms with van der Waals surface area (Å²) in [5.41, 5.74) is 8.49. The van der Waals surface area contributed by atoms with E-state index in [1.807, 2.05) is 6.92 Å². The van der Waals surface area contributed by atoms with Crippen molar-refractivity contribution in [3.8, 4) is 0 Å². The SMILES string of the molecule is Cc1ccccc1CC(C)NCC(C)N. The fourth-order valence-corrected chi connectivity index (χ4v) is 1.63. The molecule has 0 saturated carbocycles. The van der Waals surface area contributed by atoms with Crippen LogP contribution in [0.5, 0.6) is 0 Å². The van der Waals surface area contributed by atoms with Crippen LogP contribution in [0.15, 0.2) is 24.3 Å². The van der Waals surface area contributed by atoms with Crippen molar-refractivity contribution in [2.24, 2.45) is 5.73 Å². The number of rotatable bonds is 5. The zero-order valence-electron chi connectivity index (χ0n) is 9.96. The Hall–Kier alpha value is -0.860. The van der Waals surface area contributed by atoms with E-state index < -0.39 is 0 Å². The molecule has 2 heteroatoms. The minimum absolute atomic E-state index is 0.226. The van der Waals surface area contributed by atoms with Crippen LogP contribution in [0, 0.1) is 6.92 Å². The van der Waals surface area contributed by atoms with Gasteiger partial charge in [0.1, 0.15) is 0 Å². The summed E-state index contributed by atoms with van der Waals surface area (Å²) in [6.07, 6.45) is 1.07. The smallest absolute Gasteiger partial charge is 0.0136 e.